The first-order chi connectivity index (χ1) is 14.8. The van der Waals surface area contributed by atoms with Crippen molar-refractivity contribution in [1.82, 2.24) is 15.5 Å². The molecule has 1 heterocycles. The Balaban J connectivity index is 1.51. The summed E-state index contributed by atoms with van der Waals surface area (Å²) in [5.41, 5.74) is 0.536. The minimum absolute atomic E-state index is 0.148. The molecule has 1 aromatic rings. The molecule has 0 unspecified atom stereocenters. The van der Waals surface area contributed by atoms with Gasteiger partial charge in [0.25, 0.3) is 0 Å². The molecular weight excluding hydrogens is 394 g/mol. The molecule has 0 spiro atoms. The van der Waals surface area contributed by atoms with Crippen molar-refractivity contribution in [3.8, 4) is 0 Å². The Morgan fingerprint density at radius 1 is 1.06 bits per heavy atom. The van der Waals surface area contributed by atoms with E-state index in [0.29, 0.717) is 13.2 Å². The van der Waals surface area contributed by atoms with E-state index in [1.165, 1.54) is 0 Å². The van der Waals surface area contributed by atoms with Crippen molar-refractivity contribution >= 4 is 12.2 Å². The number of carbonyl (C=O) groups is 2. The molecule has 1 aromatic carbocycles. The Hall–Kier alpha value is -2.28. The van der Waals surface area contributed by atoms with Gasteiger partial charge in [-0.1, -0.05) is 43.2 Å². The molecule has 7 heteroatoms. The summed E-state index contributed by atoms with van der Waals surface area (Å²) < 4.78 is 10.6. The van der Waals surface area contributed by atoms with E-state index in [4.69, 9.17) is 9.47 Å². The number of piperidine rings is 1. The number of amides is 2. The first kappa shape index (κ1) is 25.0. The third kappa shape index (κ3) is 11.6. The van der Waals surface area contributed by atoms with Gasteiger partial charge in [-0.25, -0.2) is 9.59 Å². The van der Waals surface area contributed by atoms with Crippen LogP contribution in [-0.4, -0.2) is 54.9 Å². The van der Waals surface area contributed by atoms with Crippen LogP contribution in [0.15, 0.2) is 30.3 Å². The van der Waals surface area contributed by atoms with Gasteiger partial charge in [-0.2, -0.15) is 0 Å². The zero-order valence-electron chi connectivity index (χ0n) is 19.3. The van der Waals surface area contributed by atoms with Gasteiger partial charge in [0, 0.05) is 19.1 Å². The second kappa shape index (κ2) is 13.2. The highest BCUT2D eigenvalue weighted by atomic mass is 16.6. The predicted molar refractivity (Wildman–Crippen MR) is 122 cm³/mol. The Morgan fingerprint density at radius 3 is 2.55 bits per heavy atom. The van der Waals surface area contributed by atoms with Crippen molar-refractivity contribution in [2.45, 2.75) is 77.5 Å². The number of nitrogens with zero attached hydrogens (tertiary/aromatic N) is 1. The fraction of sp³-hybridized carbons (Fsp3) is 0.667. The van der Waals surface area contributed by atoms with Gasteiger partial charge in [-0.3, -0.25) is 0 Å². The molecule has 0 bridgehead atoms. The largest absolute Gasteiger partial charge is 0.445 e. The molecule has 0 saturated carbocycles. The molecule has 0 aliphatic carbocycles. The van der Waals surface area contributed by atoms with Gasteiger partial charge in [-0.05, 0) is 65.1 Å². The molecule has 2 amide bonds. The fourth-order valence-corrected chi connectivity index (χ4v) is 3.63. The number of carbonyl (C=O) groups excluding carboxylic acids is 2. The van der Waals surface area contributed by atoms with Gasteiger partial charge >= 0.3 is 12.2 Å². The van der Waals surface area contributed by atoms with Crippen LogP contribution in [0.25, 0.3) is 0 Å². The van der Waals surface area contributed by atoms with Crippen LogP contribution in [0.4, 0.5) is 9.59 Å². The number of hydrogen-bond acceptors (Lipinski definition) is 5. The van der Waals surface area contributed by atoms with E-state index in [0.717, 1.165) is 63.7 Å². The highest BCUT2D eigenvalue weighted by Crippen LogP contribution is 2.12. The third-order valence-corrected chi connectivity index (χ3v) is 5.11. The van der Waals surface area contributed by atoms with Gasteiger partial charge in [0.2, 0.25) is 0 Å². The lowest BCUT2D eigenvalue weighted by Gasteiger charge is -2.32. The molecule has 2 rings (SSSR count). The molecule has 0 aromatic heterocycles. The third-order valence-electron chi connectivity index (χ3n) is 5.11. The van der Waals surface area contributed by atoms with E-state index < -0.39 is 5.60 Å². The van der Waals surface area contributed by atoms with E-state index in [9.17, 15) is 9.59 Å². The molecule has 0 radical (unpaired) electrons. The number of benzene rings is 1. The standard InChI is InChI=1S/C24H39N3O4/c1-24(2,3)31-22(28)25-15-9-4-5-10-16-27-17-11-14-21(18-27)26-23(29)30-19-20-12-7-6-8-13-20/h6-8,12-13,21H,4-5,9-11,14-19H2,1-3H3,(H,25,28)(H,26,29)/t21-/m0/s1. The van der Waals surface area contributed by atoms with E-state index in [-0.39, 0.29) is 18.2 Å². The SMILES string of the molecule is CC(C)(C)OC(=O)NCCCCCCN1CCC[C@H](NC(=O)OCc2ccccc2)C1. The van der Waals surface area contributed by atoms with Crippen molar-refractivity contribution in [3.63, 3.8) is 0 Å². The van der Waals surface area contributed by atoms with Gasteiger partial charge in [0.05, 0.1) is 0 Å². The summed E-state index contributed by atoms with van der Waals surface area (Å²) in [4.78, 5) is 26.1. The number of hydrogen-bond donors (Lipinski definition) is 2. The smallest absolute Gasteiger partial charge is 0.407 e. The quantitative estimate of drug-likeness (QED) is 0.533. The Morgan fingerprint density at radius 2 is 1.81 bits per heavy atom. The fourth-order valence-electron chi connectivity index (χ4n) is 3.63. The van der Waals surface area contributed by atoms with Crippen molar-refractivity contribution < 1.29 is 19.1 Å². The second-order valence-electron chi connectivity index (χ2n) is 9.19. The number of unbranched alkanes of at least 4 members (excludes halogenated alkanes) is 3. The lowest BCUT2D eigenvalue weighted by atomic mass is 10.1. The average molecular weight is 434 g/mol. The molecule has 1 atom stereocenters. The maximum Gasteiger partial charge on any atom is 0.407 e. The van der Waals surface area contributed by atoms with Crippen LogP contribution in [0.2, 0.25) is 0 Å². The van der Waals surface area contributed by atoms with Crippen LogP contribution in [0, 0.1) is 0 Å². The summed E-state index contributed by atoms with van der Waals surface area (Å²) in [6.45, 7) is 9.53. The Bertz CT molecular complexity index is 661. The second-order valence-corrected chi connectivity index (χ2v) is 9.19. The van der Waals surface area contributed by atoms with Crippen LogP contribution >= 0.6 is 0 Å². The molecular formula is C24H39N3O4. The predicted octanol–water partition coefficient (Wildman–Crippen LogP) is 4.46. The topological polar surface area (TPSA) is 79.9 Å². The van der Waals surface area contributed by atoms with E-state index in [1.54, 1.807) is 0 Å². The number of nitrogens with one attached hydrogen (secondary N) is 2. The number of ether oxygens (including phenoxy) is 2. The minimum atomic E-state index is -0.454. The minimum Gasteiger partial charge on any atom is -0.445 e. The highest BCUT2D eigenvalue weighted by Gasteiger charge is 2.21. The molecule has 7 nitrogen and oxygen atoms in total. The molecule has 31 heavy (non-hydrogen) atoms. The number of rotatable bonds is 10. The van der Waals surface area contributed by atoms with E-state index in [1.807, 2.05) is 51.1 Å². The molecule has 2 N–H and O–H groups in total. The van der Waals surface area contributed by atoms with Gasteiger partial charge in [-0.15, -0.1) is 0 Å². The van der Waals surface area contributed by atoms with Crippen molar-refractivity contribution in [2.75, 3.05) is 26.2 Å². The maximum absolute atomic E-state index is 12.1. The van der Waals surface area contributed by atoms with Gasteiger partial charge < -0.3 is 25.0 Å². The average Bonchev–Trinajstić information content (AvgIpc) is 2.71. The van der Waals surface area contributed by atoms with Crippen LogP contribution in [0.5, 0.6) is 0 Å². The van der Waals surface area contributed by atoms with Crippen LogP contribution in [-0.2, 0) is 16.1 Å². The zero-order chi connectivity index (χ0) is 22.5. The molecule has 1 fully saturated rings. The molecule has 174 valence electrons. The first-order valence-electron chi connectivity index (χ1n) is 11.5. The highest BCUT2D eigenvalue weighted by molar-refractivity contribution is 5.68. The van der Waals surface area contributed by atoms with Crippen molar-refractivity contribution in [1.29, 1.82) is 0 Å². The van der Waals surface area contributed by atoms with Crippen molar-refractivity contribution in [2.24, 2.45) is 0 Å². The molecule has 1 aliphatic heterocycles. The summed E-state index contributed by atoms with van der Waals surface area (Å²) in [6.07, 6.45) is 5.68. The summed E-state index contributed by atoms with van der Waals surface area (Å²) in [6, 6.07) is 9.86. The summed E-state index contributed by atoms with van der Waals surface area (Å²) in [7, 11) is 0. The van der Waals surface area contributed by atoms with Crippen LogP contribution in [0.3, 0.4) is 0 Å². The molecule has 1 aliphatic rings. The molecule has 1 saturated heterocycles. The number of likely N-dealkylation sites (tertiary alicyclic amines) is 1. The summed E-state index contributed by atoms with van der Waals surface area (Å²) >= 11 is 0. The first-order valence-corrected chi connectivity index (χ1v) is 11.5. The van der Waals surface area contributed by atoms with E-state index >= 15 is 0 Å². The summed E-state index contributed by atoms with van der Waals surface area (Å²) in [5.74, 6) is 0. The number of alkyl carbamates (subject to hydrolysis) is 2. The Kier molecular flexibility index (Phi) is 10.6. The van der Waals surface area contributed by atoms with Crippen LogP contribution in [0.1, 0.15) is 64.9 Å². The lowest BCUT2D eigenvalue weighted by Crippen LogP contribution is -2.48. The van der Waals surface area contributed by atoms with Gasteiger partial charge in [0.1, 0.15) is 12.2 Å². The maximum atomic E-state index is 12.1. The van der Waals surface area contributed by atoms with Crippen molar-refractivity contribution in [3.05, 3.63) is 35.9 Å². The van der Waals surface area contributed by atoms with E-state index in [2.05, 4.69) is 15.5 Å². The van der Waals surface area contributed by atoms with Crippen LogP contribution < -0.4 is 10.6 Å². The normalized spacial score (nSPS) is 17.1. The monoisotopic (exact) mass is 433 g/mol. The summed E-state index contributed by atoms with van der Waals surface area (Å²) in [5, 5.41) is 5.81. The zero-order valence-corrected chi connectivity index (χ0v) is 19.3. The van der Waals surface area contributed by atoms with Gasteiger partial charge in [0.15, 0.2) is 0 Å². The Labute approximate surface area is 186 Å². The lowest BCUT2D eigenvalue weighted by molar-refractivity contribution is 0.0527.